The van der Waals surface area contributed by atoms with E-state index in [1.165, 1.54) is 6.07 Å². The molecule has 0 radical (unpaired) electrons. The van der Waals surface area contributed by atoms with Crippen LogP contribution in [0, 0.1) is 19.7 Å². The zero-order chi connectivity index (χ0) is 16.4. The van der Waals surface area contributed by atoms with Crippen LogP contribution >= 0.6 is 0 Å². The number of carbonyl (C=O) groups is 1. The summed E-state index contributed by atoms with van der Waals surface area (Å²) in [6.45, 7) is 4.68. The first kappa shape index (κ1) is 15.2. The molecule has 1 heterocycles. The number of halogens is 1. The van der Waals surface area contributed by atoms with Gasteiger partial charge in [-0.2, -0.15) is 0 Å². The number of hydrogen-bond donors (Lipinski definition) is 1. The predicted octanol–water partition coefficient (Wildman–Crippen LogP) is 3.22. The van der Waals surface area contributed by atoms with Gasteiger partial charge in [-0.25, -0.2) is 9.37 Å². The maximum absolute atomic E-state index is 13.5. The van der Waals surface area contributed by atoms with E-state index in [-0.39, 0.29) is 11.7 Å². The third kappa shape index (κ3) is 3.08. The molecule has 0 unspecified atom stereocenters. The first-order valence-corrected chi connectivity index (χ1v) is 7.52. The molecule has 0 aliphatic rings. The van der Waals surface area contributed by atoms with Gasteiger partial charge in [0.25, 0.3) is 5.91 Å². The maximum Gasteiger partial charge on any atom is 0.251 e. The summed E-state index contributed by atoms with van der Waals surface area (Å²) in [6, 6.07) is 12.4. The number of nitrogens with zero attached hydrogens (tertiary/aromatic N) is 2. The minimum atomic E-state index is -0.367. The lowest BCUT2D eigenvalue weighted by Gasteiger charge is -2.09. The molecule has 0 bridgehead atoms. The molecule has 0 spiro atoms. The minimum Gasteiger partial charge on any atom is -0.350 e. The molecule has 0 saturated heterocycles. The van der Waals surface area contributed by atoms with E-state index in [4.69, 9.17) is 0 Å². The molecule has 3 rings (SSSR count). The molecule has 5 heteroatoms. The average molecular weight is 311 g/mol. The van der Waals surface area contributed by atoms with Crippen LogP contribution in [-0.2, 0) is 6.54 Å². The summed E-state index contributed by atoms with van der Waals surface area (Å²) < 4.78 is 15.6. The van der Waals surface area contributed by atoms with Crippen LogP contribution in [0.25, 0.3) is 11.0 Å². The number of para-hydroxylation sites is 2. The Balaban J connectivity index is 1.67. The quantitative estimate of drug-likeness (QED) is 0.804. The third-order valence-corrected chi connectivity index (χ3v) is 3.90. The fourth-order valence-corrected chi connectivity index (χ4v) is 2.60. The van der Waals surface area contributed by atoms with E-state index in [0.717, 1.165) is 16.9 Å². The average Bonchev–Trinajstić information content (AvgIpc) is 2.86. The van der Waals surface area contributed by atoms with Crippen LogP contribution < -0.4 is 5.32 Å². The summed E-state index contributed by atoms with van der Waals surface area (Å²) in [7, 11) is 0. The van der Waals surface area contributed by atoms with Gasteiger partial charge >= 0.3 is 0 Å². The van der Waals surface area contributed by atoms with E-state index in [2.05, 4.69) is 14.9 Å². The predicted molar refractivity (Wildman–Crippen MR) is 87.9 cm³/mol. The summed E-state index contributed by atoms with van der Waals surface area (Å²) in [5, 5.41) is 2.82. The zero-order valence-electron chi connectivity index (χ0n) is 13.1. The van der Waals surface area contributed by atoms with Gasteiger partial charge in [-0.1, -0.05) is 18.2 Å². The number of imidazole rings is 1. The van der Waals surface area contributed by atoms with Crippen molar-refractivity contribution in [2.45, 2.75) is 20.4 Å². The van der Waals surface area contributed by atoms with Crippen molar-refractivity contribution >= 4 is 16.9 Å². The standard InChI is InChI=1S/C18H18FN3O/c1-12-7-8-14(11-15(12)19)18(23)20-9-10-22-13(2)21-16-5-3-4-6-17(16)22/h3-8,11H,9-10H2,1-2H3,(H,20,23). The Labute approximate surface area is 134 Å². The molecule has 2 aromatic carbocycles. The van der Waals surface area contributed by atoms with Crippen molar-refractivity contribution in [1.29, 1.82) is 0 Å². The number of aromatic nitrogens is 2. The molecule has 1 N–H and O–H groups in total. The number of benzene rings is 2. The lowest BCUT2D eigenvalue weighted by atomic mass is 10.1. The largest absolute Gasteiger partial charge is 0.350 e. The van der Waals surface area contributed by atoms with Crippen LogP contribution in [0.3, 0.4) is 0 Å². The topological polar surface area (TPSA) is 46.9 Å². The lowest BCUT2D eigenvalue weighted by molar-refractivity contribution is 0.0952. The van der Waals surface area contributed by atoms with Gasteiger partial charge in [0, 0.05) is 18.7 Å². The molecule has 0 saturated carbocycles. The Morgan fingerprint density at radius 1 is 1.22 bits per heavy atom. The first-order chi connectivity index (χ1) is 11.1. The zero-order valence-corrected chi connectivity index (χ0v) is 13.1. The van der Waals surface area contributed by atoms with Crippen molar-refractivity contribution < 1.29 is 9.18 Å². The number of amides is 1. The third-order valence-electron chi connectivity index (χ3n) is 3.90. The second-order valence-corrected chi connectivity index (χ2v) is 5.52. The van der Waals surface area contributed by atoms with Crippen molar-refractivity contribution in [3.63, 3.8) is 0 Å². The molecule has 0 fully saturated rings. The smallest absolute Gasteiger partial charge is 0.251 e. The van der Waals surface area contributed by atoms with E-state index < -0.39 is 0 Å². The number of fused-ring (bicyclic) bond motifs is 1. The van der Waals surface area contributed by atoms with Crippen LogP contribution in [-0.4, -0.2) is 22.0 Å². The molecule has 1 amide bonds. The van der Waals surface area contributed by atoms with Gasteiger partial charge < -0.3 is 9.88 Å². The number of hydrogen-bond acceptors (Lipinski definition) is 2. The van der Waals surface area contributed by atoms with Crippen LogP contribution in [0.15, 0.2) is 42.5 Å². The Morgan fingerprint density at radius 2 is 2.00 bits per heavy atom. The Hall–Kier alpha value is -2.69. The van der Waals surface area contributed by atoms with E-state index in [1.807, 2.05) is 31.2 Å². The van der Waals surface area contributed by atoms with Crippen LogP contribution in [0.2, 0.25) is 0 Å². The van der Waals surface area contributed by atoms with Crippen LogP contribution in [0.4, 0.5) is 4.39 Å². The number of aryl methyl sites for hydroxylation is 2. The summed E-state index contributed by atoms with van der Waals surface area (Å²) in [4.78, 5) is 16.6. The van der Waals surface area contributed by atoms with Gasteiger partial charge in [-0.15, -0.1) is 0 Å². The van der Waals surface area contributed by atoms with E-state index >= 15 is 0 Å². The molecule has 1 aromatic heterocycles. The monoisotopic (exact) mass is 311 g/mol. The molecule has 0 aliphatic heterocycles. The minimum absolute atomic E-state index is 0.272. The molecular weight excluding hydrogens is 293 g/mol. The van der Waals surface area contributed by atoms with Crippen LogP contribution in [0.1, 0.15) is 21.7 Å². The highest BCUT2D eigenvalue weighted by molar-refractivity contribution is 5.94. The second kappa shape index (κ2) is 6.20. The van der Waals surface area contributed by atoms with Crippen LogP contribution in [0.5, 0.6) is 0 Å². The van der Waals surface area contributed by atoms with Crippen molar-refractivity contribution in [3.05, 3.63) is 65.2 Å². The highest BCUT2D eigenvalue weighted by Gasteiger charge is 2.09. The lowest BCUT2D eigenvalue weighted by Crippen LogP contribution is -2.27. The highest BCUT2D eigenvalue weighted by Crippen LogP contribution is 2.15. The normalized spacial score (nSPS) is 10.9. The molecule has 0 atom stereocenters. The fourth-order valence-electron chi connectivity index (χ4n) is 2.60. The Morgan fingerprint density at radius 3 is 2.78 bits per heavy atom. The number of rotatable bonds is 4. The summed E-state index contributed by atoms with van der Waals surface area (Å²) in [5.74, 6) is 0.266. The van der Waals surface area contributed by atoms with Crippen molar-refractivity contribution in [2.75, 3.05) is 6.54 Å². The molecule has 0 aliphatic carbocycles. The Kier molecular flexibility index (Phi) is 4.10. The Bertz CT molecular complexity index is 870. The van der Waals surface area contributed by atoms with Gasteiger partial charge in [-0.05, 0) is 43.7 Å². The number of nitrogens with one attached hydrogen (secondary N) is 1. The highest BCUT2D eigenvalue weighted by atomic mass is 19.1. The van der Waals surface area contributed by atoms with Gasteiger partial charge in [-0.3, -0.25) is 4.79 Å². The van der Waals surface area contributed by atoms with Crippen molar-refractivity contribution in [2.24, 2.45) is 0 Å². The van der Waals surface area contributed by atoms with Crippen molar-refractivity contribution in [3.8, 4) is 0 Å². The van der Waals surface area contributed by atoms with Crippen molar-refractivity contribution in [1.82, 2.24) is 14.9 Å². The first-order valence-electron chi connectivity index (χ1n) is 7.52. The molecule has 3 aromatic rings. The summed E-state index contributed by atoms with van der Waals surface area (Å²) in [6.07, 6.45) is 0. The SMILES string of the molecule is Cc1ccc(C(=O)NCCn2c(C)nc3ccccc32)cc1F. The molecule has 4 nitrogen and oxygen atoms in total. The van der Waals surface area contributed by atoms with Gasteiger partial charge in [0.2, 0.25) is 0 Å². The summed E-state index contributed by atoms with van der Waals surface area (Å²) >= 11 is 0. The van der Waals surface area contributed by atoms with E-state index in [1.54, 1.807) is 19.1 Å². The van der Waals surface area contributed by atoms with E-state index in [0.29, 0.717) is 24.2 Å². The van der Waals surface area contributed by atoms with Gasteiger partial charge in [0.15, 0.2) is 0 Å². The summed E-state index contributed by atoms with van der Waals surface area (Å²) in [5.41, 5.74) is 2.85. The van der Waals surface area contributed by atoms with Gasteiger partial charge in [0.1, 0.15) is 11.6 Å². The van der Waals surface area contributed by atoms with E-state index in [9.17, 15) is 9.18 Å². The number of carbonyl (C=O) groups excluding carboxylic acids is 1. The second-order valence-electron chi connectivity index (χ2n) is 5.52. The fraction of sp³-hybridized carbons (Fsp3) is 0.222. The maximum atomic E-state index is 13.5. The molecule has 23 heavy (non-hydrogen) atoms. The molecule has 118 valence electrons. The molecular formula is C18H18FN3O. The van der Waals surface area contributed by atoms with Gasteiger partial charge in [0.05, 0.1) is 11.0 Å².